The third kappa shape index (κ3) is 5.45. The van der Waals surface area contributed by atoms with Crippen LogP contribution in [0, 0.1) is 0 Å². The topological polar surface area (TPSA) is 115 Å². The van der Waals surface area contributed by atoms with Crippen LogP contribution >= 0.6 is 0 Å². The van der Waals surface area contributed by atoms with E-state index in [1.165, 1.54) is 0 Å². The van der Waals surface area contributed by atoms with E-state index in [9.17, 15) is 14.7 Å². The van der Waals surface area contributed by atoms with Crippen molar-refractivity contribution in [2.24, 2.45) is 0 Å². The summed E-state index contributed by atoms with van der Waals surface area (Å²) in [5.74, 6) is -0.355. The van der Waals surface area contributed by atoms with Crippen molar-refractivity contribution >= 4 is 50.7 Å². The van der Waals surface area contributed by atoms with Gasteiger partial charge in [0.05, 0.1) is 23.5 Å². The molecule has 0 unspecified atom stereocenters. The van der Waals surface area contributed by atoms with E-state index in [1.54, 1.807) is 12.3 Å². The molecule has 1 aliphatic heterocycles. The second-order valence-electron chi connectivity index (χ2n) is 10.8. The Bertz CT molecular complexity index is 1930. The molecule has 0 saturated carbocycles. The summed E-state index contributed by atoms with van der Waals surface area (Å²) >= 11 is 0. The summed E-state index contributed by atoms with van der Waals surface area (Å²) in [6.45, 7) is 1.63. The van der Waals surface area contributed by atoms with Gasteiger partial charge >= 0.3 is 0 Å². The number of aromatic nitrogens is 3. The fourth-order valence-electron chi connectivity index (χ4n) is 5.55. The fraction of sp³-hybridized carbons (Fsp3) is 0.147. The van der Waals surface area contributed by atoms with Gasteiger partial charge in [0.1, 0.15) is 0 Å². The summed E-state index contributed by atoms with van der Waals surface area (Å²) in [5, 5.41) is 22.1. The molecule has 1 aliphatic rings. The number of aliphatic hydroxyl groups is 1. The molecule has 214 valence electrons. The molecule has 0 radical (unpaired) electrons. The Morgan fingerprint density at radius 3 is 2.21 bits per heavy atom. The van der Waals surface area contributed by atoms with Gasteiger partial charge in [-0.25, -0.2) is 4.68 Å². The molecule has 9 nitrogen and oxygen atoms in total. The smallest absolute Gasteiger partial charge is 0.255 e. The van der Waals surface area contributed by atoms with Gasteiger partial charge in [-0.15, -0.1) is 0 Å². The number of aliphatic hydroxyl groups excluding tert-OH is 1. The Balaban J connectivity index is 1.01. The van der Waals surface area contributed by atoms with Crippen LogP contribution in [0.25, 0.3) is 27.5 Å². The number of hydrogen-bond donors (Lipinski definition) is 4. The van der Waals surface area contributed by atoms with Gasteiger partial charge < -0.3 is 25.6 Å². The Kier molecular flexibility index (Phi) is 6.84. The van der Waals surface area contributed by atoms with Gasteiger partial charge in [-0.1, -0.05) is 0 Å². The van der Waals surface area contributed by atoms with Crippen molar-refractivity contribution in [3.8, 4) is 5.69 Å². The predicted octanol–water partition coefficient (Wildman–Crippen LogP) is 5.97. The lowest BCUT2D eigenvalue weighted by Crippen LogP contribution is -2.35. The number of hydrogen-bond acceptors (Lipinski definition) is 5. The number of carbonyl (C=O) groups is 2. The largest absolute Gasteiger partial charge is 0.393 e. The van der Waals surface area contributed by atoms with Crippen LogP contribution in [0.4, 0.5) is 17.1 Å². The number of nitrogens with zero attached hydrogens (tertiary/aromatic N) is 3. The number of H-pyrrole nitrogens is 1. The first-order valence-electron chi connectivity index (χ1n) is 14.3. The lowest BCUT2D eigenvalue weighted by Gasteiger charge is -2.31. The lowest BCUT2D eigenvalue weighted by atomic mass is 10.1. The van der Waals surface area contributed by atoms with E-state index >= 15 is 0 Å². The zero-order valence-corrected chi connectivity index (χ0v) is 23.3. The Morgan fingerprint density at radius 1 is 0.744 bits per heavy atom. The Morgan fingerprint density at radius 2 is 1.42 bits per heavy atom. The molecule has 0 aliphatic carbocycles. The van der Waals surface area contributed by atoms with Gasteiger partial charge in [0, 0.05) is 63.8 Å². The average Bonchev–Trinajstić information content (AvgIpc) is 3.68. The van der Waals surface area contributed by atoms with Crippen LogP contribution < -0.4 is 15.5 Å². The highest BCUT2D eigenvalue weighted by Crippen LogP contribution is 2.25. The third-order valence-corrected chi connectivity index (χ3v) is 7.97. The standard InChI is InChI=1S/C34H30N6O3/c41-30-14-17-39(18-15-30)28-7-1-22(2-8-28)33(42)38-27-6-12-32-25(20-27)21-36-40(32)29-9-4-26(5-10-29)37-34(43)24-3-11-31-23(19-24)13-16-35-31/h1-13,16,19-21,30,35,41H,14-15,17-18H2,(H,37,43)(H,38,42). The van der Waals surface area contributed by atoms with Crippen LogP contribution in [0.1, 0.15) is 33.6 Å². The number of rotatable bonds is 6. The maximum absolute atomic E-state index is 12.9. The van der Waals surface area contributed by atoms with Crippen LogP contribution in [0.3, 0.4) is 0 Å². The van der Waals surface area contributed by atoms with Crippen molar-refractivity contribution in [2.45, 2.75) is 18.9 Å². The van der Waals surface area contributed by atoms with E-state index in [2.05, 4.69) is 25.6 Å². The Hall–Kier alpha value is -5.41. The number of anilines is 3. The fourth-order valence-corrected chi connectivity index (χ4v) is 5.55. The molecule has 6 aromatic rings. The SMILES string of the molecule is O=C(Nc1ccc2c(cnn2-c2ccc(NC(=O)c3ccc4[nH]ccc4c3)cc2)c1)c1ccc(N2CCC(O)CC2)cc1. The van der Waals surface area contributed by atoms with Crippen LogP contribution in [0.5, 0.6) is 0 Å². The number of benzene rings is 4. The number of fused-ring (bicyclic) bond motifs is 2. The van der Waals surface area contributed by atoms with Crippen LogP contribution in [-0.2, 0) is 0 Å². The highest BCUT2D eigenvalue weighted by molar-refractivity contribution is 6.06. The van der Waals surface area contributed by atoms with Crippen molar-refractivity contribution in [1.82, 2.24) is 14.8 Å². The monoisotopic (exact) mass is 570 g/mol. The van der Waals surface area contributed by atoms with Gasteiger partial charge in [0.15, 0.2) is 0 Å². The van der Waals surface area contributed by atoms with Gasteiger partial charge in [0.25, 0.3) is 11.8 Å². The molecule has 9 heteroatoms. The average molecular weight is 571 g/mol. The quantitative estimate of drug-likeness (QED) is 0.197. The zero-order chi connectivity index (χ0) is 29.3. The molecule has 0 spiro atoms. The first kappa shape index (κ1) is 26.5. The zero-order valence-electron chi connectivity index (χ0n) is 23.3. The number of carbonyl (C=O) groups excluding carboxylic acids is 2. The molecule has 1 fully saturated rings. The minimum atomic E-state index is -0.220. The maximum atomic E-state index is 12.9. The summed E-state index contributed by atoms with van der Waals surface area (Å²) in [7, 11) is 0. The highest BCUT2D eigenvalue weighted by Gasteiger charge is 2.18. The predicted molar refractivity (Wildman–Crippen MR) is 169 cm³/mol. The van der Waals surface area contributed by atoms with Crippen molar-refractivity contribution in [2.75, 3.05) is 28.6 Å². The summed E-state index contributed by atoms with van der Waals surface area (Å²) < 4.78 is 1.82. The molecule has 2 aromatic heterocycles. The molecular weight excluding hydrogens is 540 g/mol. The minimum absolute atomic E-state index is 0.173. The van der Waals surface area contributed by atoms with Crippen molar-refractivity contribution < 1.29 is 14.7 Å². The number of aromatic amines is 1. The highest BCUT2D eigenvalue weighted by atomic mass is 16.3. The van der Waals surface area contributed by atoms with Gasteiger partial charge in [0.2, 0.25) is 0 Å². The van der Waals surface area contributed by atoms with Crippen LogP contribution in [0.15, 0.2) is 103 Å². The van der Waals surface area contributed by atoms with E-state index in [4.69, 9.17) is 0 Å². The van der Waals surface area contributed by atoms with Crippen LogP contribution in [-0.4, -0.2) is 50.9 Å². The van der Waals surface area contributed by atoms with E-state index in [-0.39, 0.29) is 17.9 Å². The summed E-state index contributed by atoms with van der Waals surface area (Å²) in [6.07, 6.45) is 4.92. The second-order valence-corrected chi connectivity index (χ2v) is 10.8. The van der Waals surface area contributed by atoms with Crippen molar-refractivity contribution in [1.29, 1.82) is 0 Å². The molecule has 43 heavy (non-hydrogen) atoms. The molecular formula is C34H30N6O3. The molecule has 4 aromatic carbocycles. The molecule has 2 amide bonds. The summed E-state index contributed by atoms with van der Waals surface area (Å²) in [6, 6.07) is 28.3. The van der Waals surface area contributed by atoms with E-state index in [1.807, 2.05) is 95.8 Å². The molecule has 7 rings (SSSR count). The van der Waals surface area contributed by atoms with Gasteiger partial charge in [-0.2, -0.15) is 5.10 Å². The molecule has 4 N–H and O–H groups in total. The number of nitrogens with one attached hydrogen (secondary N) is 3. The first-order chi connectivity index (χ1) is 21.0. The minimum Gasteiger partial charge on any atom is -0.393 e. The normalized spacial score (nSPS) is 13.8. The van der Waals surface area contributed by atoms with Gasteiger partial charge in [-0.3, -0.25) is 9.59 Å². The Labute approximate surface area is 247 Å². The number of amides is 2. The second kappa shape index (κ2) is 11.1. The van der Waals surface area contributed by atoms with E-state index in [0.717, 1.165) is 59.1 Å². The summed E-state index contributed by atoms with van der Waals surface area (Å²) in [4.78, 5) is 31.1. The van der Waals surface area contributed by atoms with Crippen molar-refractivity contribution in [3.63, 3.8) is 0 Å². The molecule has 0 bridgehead atoms. The van der Waals surface area contributed by atoms with Crippen molar-refractivity contribution in [3.05, 3.63) is 115 Å². The molecule has 0 atom stereocenters. The molecule has 3 heterocycles. The van der Waals surface area contributed by atoms with Crippen LogP contribution in [0.2, 0.25) is 0 Å². The number of piperidine rings is 1. The molecule has 1 saturated heterocycles. The van der Waals surface area contributed by atoms with Gasteiger partial charge in [-0.05, 0) is 104 Å². The maximum Gasteiger partial charge on any atom is 0.255 e. The summed E-state index contributed by atoms with van der Waals surface area (Å²) in [5.41, 5.74) is 6.33. The lowest BCUT2D eigenvalue weighted by molar-refractivity contribution is 0.101. The van der Waals surface area contributed by atoms with E-state index < -0.39 is 0 Å². The first-order valence-corrected chi connectivity index (χ1v) is 14.3. The van der Waals surface area contributed by atoms with E-state index in [0.29, 0.717) is 22.5 Å². The third-order valence-electron chi connectivity index (χ3n) is 7.97.